The lowest BCUT2D eigenvalue weighted by molar-refractivity contribution is -0.135. The Morgan fingerprint density at radius 2 is 1.92 bits per heavy atom. The Morgan fingerprint density at radius 3 is 2.62 bits per heavy atom. The van der Waals surface area contributed by atoms with Crippen molar-refractivity contribution >= 4 is 5.91 Å². The van der Waals surface area contributed by atoms with Crippen molar-refractivity contribution in [2.45, 2.75) is 25.9 Å². The quantitative estimate of drug-likeness (QED) is 0.848. The summed E-state index contributed by atoms with van der Waals surface area (Å²) in [4.78, 5) is 18.3. The summed E-state index contributed by atoms with van der Waals surface area (Å²) in [6.07, 6.45) is 3.46. The Kier molecular flexibility index (Phi) is 5.31. The van der Waals surface area contributed by atoms with Crippen molar-refractivity contribution in [3.8, 4) is 11.6 Å². The summed E-state index contributed by atoms with van der Waals surface area (Å²) in [7, 11) is 0. The van der Waals surface area contributed by atoms with E-state index in [9.17, 15) is 4.79 Å². The largest absolute Gasteiger partial charge is 0.484 e. The molecule has 1 aliphatic heterocycles. The lowest BCUT2D eigenvalue weighted by atomic mass is 10.1. The monoisotopic (exact) mass is 326 g/mol. The Hall–Kier alpha value is -2.56. The number of amides is 1. The van der Waals surface area contributed by atoms with Crippen LogP contribution in [0.1, 0.15) is 18.4 Å². The molecule has 0 saturated carbocycles. The van der Waals surface area contributed by atoms with Gasteiger partial charge in [-0.05, 0) is 24.6 Å². The predicted molar refractivity (Wildman–Crippen MR) is 91.1 cm³/mol. The molecule has 1 aromatic heterocycles. The van der Waals surface area contributed by atoms with Crippen LogP contribution >= 0.6 is 0 Å². The van der Waals surface area contributed by atoms with Crippen LogP contribution in [0.25, 0.3) is 0 Å². The topological polar surface area (TPSA) is 51.7 Å². The maximum atomic E-state index is 12.3. The number of pyridine rings is 1. The van der Waals surface area contributed by atoms with Gasteiger partial charge in [0.05, 0.1) is 0 Å². The number of hydrogen-bond acceptors (Lipinski definition) is 4. The summed E-state index contributed by atoms with van der Waals surface area (Å²) in [5, 5.41) is 0. The van der Waals surface area contributed by atoms with Gasteiger partial charge in [-0.1, -0.05) is 24.3 Å². The molecule has 5 nitrogen and oxygen atoms in total. The Labute approximate surface area is 142 Å². The molecule has 1 aromatic carbocycles. The Bertz CT molecular complexity index is 667. The van der Waals surface area contributed by atoms with Crippen molar-refractivity contribution in [1.82, 2.24) is 9.88 Å². The molecule has 1 saturated heterocycles. The van der Waals surface area contributed by atoms with E-state index < -0.39 is 0 Å². The molecule has 1 amide bonds. The molecule has 2 aromatic rings. The van der Waals surface area contributed by atoms with Crippen LogP contribution in [-0.2, 0) is 4.79 Å². The van der Waals surface area contributed by atoms with Crippen molar-refractivity contribution in [2.24, 2.45) is 0 Å². The van der Waals surface area contributed by atoms with Crippen LogP contribution in [0.15, 0.2) is 48.7 Å². The summed E-state index contributed by atoms with van der Waals surface area (Å²) in [6.45, 7) is 3.43. The van der Waals surface area contributed by atoms with Crippen molar-refractivity contribution in [2.75, 3.05) is 19.7 Å². The van der Waals surface area contributed by atoms with Crippen LogP contribution in [0, 0.1) is 6.92 Å². The summed E-state index contributed by atoms with van der Waals surface area (Å²) in [5.74, 6) is 1.43. The number of nitrogens with zero attached hydrogens (tertiary/aromatic N) is 2. The van der Waals surface area contributed by atoms with Crippen LogP contribution in [-0.4, -0.2) is 41.6 Å². The van der Waals surface area contributed by atoms with Crippen LogP contribution in [0.2, 0.25) is 0 Å². The van der Waals surface area contributed by atoms with E-state index in [-0.39, 0.29) is 18.6 Å². The zero-order valence-corrected chi connectivity index (χ0v) is 13.9. The fraction of sp³-hybridized carbons (Fsp3) is 0.368. The first kappa shape index (κ1) is 16.3. The molecular formula is C19H22N2O3. The first-order chi connectivity index (χ1) is 11.7. The standard InChI is InChI=1S/C19H22N2O3/c1-15-6-2-3-7-17(15)23-14-19(22)21-12-9-16(10-13-21)24-18-8-4-5-11-20-18/h2-8,11,16H,9-10,12-14H2,1H3. The van der Waals surface area contributed by atoms with E-state index in [0.717, 1.165) is 24.2 Å². The molecule has 5 heteroatoms. The summed E-state index contributed by atoms with van der Waals surface area (Å²) in [6, 6.07) is 13.3. The second-order valence-electron chi connectivity index (χ2n) is 5.92. The van der Waals surface area contributed by atoms with Crippen LogP contribution in [0.5, 0.6) is 11.6 Å². The van der Waals surface area contributed by atoms with E-state index in [1.165, 1.54) is 0 Å². The highest BCUT2D eigenvalue weighted by Crippen LogP contribution is 2.18. The van der Waals surface area contributed by atoms with Gasteiger partial charge >= 0.3 is 0 Å². The molecule has 126 valence electrons. The Morgan fingerprint density at radius 1 is 1.17 bits per heavy atom. The second kappa shape index (κ2) is 7.81. The third-order valence-corrected chi connectivity index (χ3v) is 4.16. The van der Waals surface area contributed by atoms with Crippen molar-refractivity contribution in [3.63, 3.8) is 0 Å². The number of para-hydroxylation sites is 1. The van der Waals surface area contributed by atoms with E-state index >= 15 is 0 Å². The first-order valence-electron chi connectivity index (χ1n) is 8.26. The number of aryl methyl sites for hydroxylation is 1. The molecule has 2 heterocycles. The molecule has 0 unspecified atom stereocenters. The average molecular weight is 326 g/mol. The van der Waals surface area contributed by atoms with Gasteiger partial charge in [0, 0.05) is 38.2 Å². The van der Waals surface area contributed by atoms with Gasteiger partial charge in [0.2, 0.25) is 5.88 Å². The highest BCUT2D eigenvalue weighted by atomic mass is 16.5. The van der Waals surface area contributed by atoms with E-state index in [0.29, 0.717) is 19.0 Å². The normalized spacial score (nSPS) is 15.1. The summed E-state index contributed by atoms with van der Waals surface area (Å²) >= 11 is 0. The predicted octanol–water partition coefficient (Wildman–Crippen LogP) is 2.84. The number of carbonyl (C=O) groups is 1. The lowest BCUT2D eigenvalue weighted by Crippen LogP contribution is -2.43. The van der Waals surface area contributed by atoms with E-state index in [1.54, 1.807) is 6.20 Å². The highest BCUT2D eigenvalue weighted by molar-refractivity contribution is 5.77. The third-order valence-electron chi connectivity index (χ3n) is 4.16. The van der Waals surface area contributed by atoms with Gasteiger partial charge in [0.25, 0.3) is 5.91 Å². The van der Waals surface area contributed by atoms with Gasteiger partial charge in [-0.25, -0.2) is 4.98 Å². The molecule has 3 rings (SSSR count). The maximum Gasteiger partial charge on any atom is 0.260 e. The molecule has 0 radical (unpaired) electrons. The van der Waals surface area contributed by atoms with E-state index in [1.807, 2.05) is 54.3 Å². The number of aromatic nitrogens is 1. The lowest BCUT2D eigenvalue weighted by Gasteiger charge is -2.31. The van der Waals surface area contributed by atoms with E-state index in [4.69, 9.17) is 9.47 Å². The number of piperidine rings is 1. The van der Waals surface area contributed by atoms with Crippen LogP contribution < -0.4 is 9.47 Å². The van der Waals surface area contributed by atoms with Crippen molar-refractivity contribution in [1.29, 1.82) is 0 Å². The fourth-order valence-corrected chi connectivity index (χ4v) is 2.76. The van der Waals surface area contributed by atoms with Crippen molar-refractivity contribution < 1.29 is 14.3 Å². The SMILES string of the molecule is Cc1ccccc1OCC(=O)N1CCC(Oc2ccccn2)CC1. The molecule has 1 fully saturated rings. The highest BCUT2D eigenvalue weighted by Gasteiger charge is 2.24. The zero-order chi connectivity index (χ0) is 16.8. The second-order valence-corrected chi connectivity index (χ2v) is 5.92. The molecule has 0 atom stereocenters. The molecule has 0 spiro atoms. The molecule has 1 aliphatic rings. The average Bonchev–Trinajstić information content (AvgIpc) is 2.62. The van der Waals surface area contributed by atoms with Gasteiger partial charge in [-0.3, -0.25) is 4.79 Å². The number of hydrogen-bond donors (Lipinski definition) is 0. The smallest absolute Gasteiger partial charge is 0.260 e. The molecular weight excluding hydrogens is 304 g/mol. The minimum absolute atomic E-state index is 0.0227. The first-order valence-corrected chi connectivity index (χ1v) is 8.26. The summed E-state index contributed by atoms with van der Waals surface area (Å²) in [5.41, 5.74) is 1.03. The van der Waals surface area contributed by atoms with Crippen LogP contribution in [0.4, 0.5) is 0 Å². The maximum absolute atomic E-state index is 12.3. The minimum Gasteiger partial charge on any atom is -0.484 e. The zero-order valence-electron chi connectivity index (χ0n) is 13.9. The van der Waals surface area contributed by atoms with Gasteiger partial charge in [-0.2, -0.15) is 0 Å². The number of carbonyl (C=O) groups excluding carboxylic acids is 1. The van der Waals surface area contributed by atoms with Gasteiger partial charge in [-0.15, -0.1) is 0 Å². The van der Waals surface area contributed by atoms with E-state index in [2.05, 4.69) is 4.98 Å². The number of rotatable bonds is 5. The molecule has 0 bridgehead atoms. The van der Waals surface area contributed by atoms with Crippen molar-refractivity contribution in [3.05, 3.63) is 54.2 Å². The van der Waals surface area contributed by atoms with Crippen LogP contribution in [0.3, 0.4) is 0 Å². The number of ether oxygens (including phenoxy) is 2. The van der Waals surface area contributed by atoms with Gasteiger partial charge < -0.3 is 14.4 Å². The minimum atomic E-state index is 0.0227. The third kappa shape index (κ3) is 4.25. The molecule has 0 N–H and O–H groups in total. The molecule has 0 aliphatic carbocycles. The Balaban J connectivity index is 1.44. The summed E-state index contributed by atoms with van der Waals surface area (Å²) < 4.78 is 11.5. The fourth-order valence-electron chi connectivity index (χ4n) is 2.76. The number of likely N-dealkylation sites (tertiary alicyclic amines) is 1. The van der Waals surface area contributed by atoms with Gasteiger partial charge in [0.15, 0.2) is 6.61 Å². The molecule has 24 heavy (non-hydrogen) atoms. The van der Waals surface area contributed by atoms with Gasteiger partial charge in [0.1, 0.15) is 11.9 Å². The number of benzene rings is 1.